The lowest BCUT2D eigenvalue weighted by Gasteiger charge is -2.27. The Morgan fingerprint density at radius 1 is 1.68 bits per heavy atom. The van der Waals surface area contributed by atoms with Gasteiger partial charge < -0.3 is 15.6 Å². The van der Waals surface area contributed by atoms with Crippen molar-refractivity contribution in [3.63, 3.8) is 0 Å². The average Bonchev–Trinajstić information content (AvgIpc) is 2.77. The van der Waals surface area contributed by atoms with Gasteiger partial charge in [-0.2, -0.15) is 4.98 Å². The second-order valence-corrected chi connectivity index (χ2v) is 5.16. The molecule has 0 saturated carbocycles. The molecule has 19 heavy (non-hydrogen) atoms. The molecule has 1 aromatic rings. The van der Waals surface area contributed by atoms with E-state index < -0.39 is 5.60 Å². The van der Waals surface area contributed by atoms with Crippen molar-refractivity contribution in [3.05, 3.63) is 22.7 Å². The molecule has 1 aliphatic rings. The van der Waals surface area contributed by atoms with Crippen LogP contribution in [0.1, 0.15) is 32.6 Å². The highest BCUT2D eigenvalue weighted by atomic mass is 16.5. The van der Waals surface area contributed by atoms with Gasteiger partial charge in [-0.3, -0.25) is 4.57 Å². The summed E-state index contributed by atoms with van der Waals surface area (Å²) in [5.41, 5.74) is 4.66. The molecule has 2 heterocycles. The maximum absolute atomic E-state index is 11.7. The van der Waals surface area contributed by atoms with Crippen LogP contribution in [0.25, 0.3) is 0 Å². The van der Waals surface area contributed by atoms with E-state index >= 15 is 0 Å². The highest BCUT2D eigenvalue weighted by Crippen LogP contribution is 2.34. The van der Waals surface area contributed by atoms with Gasteiger partial charge in [0.2, 0.25) is 0 Å². The molecule has 1 aromatic heterocycles. The number of aromatic nitrogens is 2. The van der Waals surface area contributed by atoms with Crippen LogP contribution < -0.4 is 11.4 Å². The number of rotatable bonds is 5. The Labute approximate surface area is 112 Å². The van der Waals surface area contributed by atoms with Crippen molar-refractivity contribution in [1.82, 2.24) is 9.55 Å². The average molecular weight is 267 g/mol. The number of nitrogens with zero attached hydrogens (tertiary/aromatic N) is 2. The normalized spacial score (nSPS) is 26.7. The quantitative estimate of drug-likeness (QED) is 0.812. The summed E-state index contributed by atoms with van der Waals surface area (Å²) in [6.07, 6.45) is 5.07. The highest BCUT2D eigenvalue weighted by molar-refractivity contribution is 5.23. The Bertz CT molecular complexity index is 488. The van der Waals surface area contributed by atoms with Gasteiger partial charge >= 0.3 is 5.69 Å². The first-order valence-corrected chi connectivity index (χ1v) is 6.70. The number of ether oxygens (including phenoxy) is 1. The molecule has 106 valence electrons. The molecule has 1 fully saturated rings. The summed E-state index contributed by atoms with van der Waals surface area (Å²) >= 11 is 0. The number of hydrogen-bond acceptors (Lipinski definition) is 5. The first-order valence-electron chi connectivity index (χ1n) is 6.70. The summed E-state index contributed by atoms with van der Waals surface area (Å²) in [7, 11) is 0. The number of aliphatic hydroxyl groups is 1. The molecule has 1 unspecified atom stereocenters. The standard InChI is InChI=1S/C13H21N3O3/c1-2-5-13(9-17)6-3-10(19-13)8-16-7-4-11(14)15-12(16)18/h4,7,10,17H,2-3,5-6,8-9H2,1H3,(H2,14,15,18)/t10?,13-/m0/s1. The van der Waals surface area contributed by atoms with Crippen molar-refractivity contribution >= 4 is 5.82 Å². The molecule has 6 nitrogen and oxygen atoms in total. The monoisotopic (exact) mass is 267 g/mol. The summed E-state index contributed by atoms with van der Waals surface area (Å²) in [6, 6.07) is 1.60. The van der Waals surface area contributed by atoms with Crippen molar-refractivity contribution < 1.29 is 9.84 Å². The van der Waals surface area contributed by atoms with Gasteiger partial charge in [0.05, 0.1) is 24.9 Å². The van der Waals surface area contributed by atoms with Crippen LogP contribution in [0.5, 0.6) is 0 Å². The third-order valence-corrected chi connectivity index (χ3v) is 3.63. The minimum atomic E-state index is -0.426. The van der Waals surface area contributed by atoms with Crippen LogP contribution in [0.2, 0.25) is 0 Å². The third kappa shape index (κ3) is 3.13. The van der Waals surface area contributed by atoms with Crippen LogP contribution >= 0.6 is 0 Å². The van der Waals surface area contributed by atoms with Crippen LogP contribution in [0.4, 0.5) is 5.82 Å². The fourth-order valence-electron chi connectivity index (χ4n) is 2.66. The van der Waals surface area contributed by atoms with Gasteiger partial charge in [0, 0.05) is 6.20 Å². The Hall–Kier alpha value is -1.40. The molecular formula is C13H21N3O3. The van der Waals surface area contributed by atoms with Gasteiger partial charge in [-0.15, -0.1) is 0 Å². The maximum Gasteiger partial charge on any atom is 0.349 e. The smallest absolute Gasteiger partial charge is 0.349 e. The maximum atomic E-state index is 11.7. The van der Waals surface area contributed by atoms with Crippen LogP contribution in [0.15, 0.2) is 17.1 Å². The predicted octanol–water partition coefficient (Wildman–Crippen LogP) is 0.536. The van der Waals surface area contributed by atoms with Crippen LogP contribution in [0.3, 0.4) is 0 Å². The fourth-order valence-corrected chi connectivity index (χ4v) is 2.66. The summed E-state index contributed by atoms with van der Waals surface area (Å²) in [5, 5.41) is 9.50. The molecule has 2 atom stereocenters. The lowest BCUT2D eigenvalue weighted by atomic mass is 9.95. The molecular weight excluding hydrogens is 246 g/mol. The van der Waals surface area contributed by atoms with E-state index in [0.29, 0.717) is 6.54 Å². The number of nitrogens with two attached hydrogens (primary N) is 1. The van der Waals surface area contributed by atoms with E-state index in [2.05, 4.69) is 11.9 Å². The van der Waals surface area contributed by atoms with E-state index in [-0.39, 0.29) is 24.2 Å². The molecule has 2 rings (SSSR count). The molecule has 0 radical (unpaired) electrons. The second-order valence-electron chi connectivity index (χ2n) is 5.16. The zero-order valence-electron chi connectivity index (χ0n) is 11.2. The summed E-state index contributed by atoms with van der Waals surface area (Å²) < 4.78 is 7.46. The molecule has 6 heteroatoms. The SMILES string of the molecule is CCC[C@@]1(CO)CCC(Cn2ccc(N)nc2=O)O1. The lowest BCUT2D eigenvalue weighted by Crippen LogP contribution is -2.35. The van der Waals surface area contributed by atoms with Gasteiger partial charge in [-0.05, 0) is 25.3 Å². The Morgan fingerprint density at radius 2 is 2.47 bits per heavy atom. The van der Waals surface area contributed by atoms with E-state index in [0.717, 1.165) is 25.7 Å². The van der Waals surface area contributed by atoms with Crippen LogP contribution in [0, 0.1) is 0 Å². The van der Waals surface area contributed by atoms with Crippen molar-refractivity contribution in [2.45, 2.75) is 50.9 Å². The van der Waals surface area contributed by atoms with E-state index in [1.54, 1.807) is 12.3 Å². The molecule has 0 spiro atoms. The zero-order valence-corrected chi connectivity index (χ0v) is 11.2. The van der Waals surface area contributed by atoms with E-state index in [1.165, 1.54) is 4.57 Å². The number of hydrogen-bond donors (Lipinski definition) is 2. The number of aliphatic hydroxyl groups excluding tert-OH is 1. The summed E-state index contributed by atoms with van der Waals surface area (Å²) in [6.45, 7) is 2.56. The molecule has 0 aliphatic carbocycles. The van der Waals surface area contributed by atoms with Crippen molar-refractivity contribution in [1.29, 1.82) is 0 Å². The largest absolute Gasteiger partial charge is 0.393 e. The number of nitrogen functional groups attached to an aromatic ring is 1. The highest BCUT2D eigenvalue weighted by Gasteiger charge is 2.39. The molecule has 0 amide bonds. The zero-order chi connectivity index (χ0) is 13.9. The van der Waals surface area contributed by atoms with Crippen molar-refractivity contribution in [2.24, 2.45) is 0 Å². The molecule has 0 aromatic carbocycles. The van der Waals surface area contributed by atoms with E-state index in [9.17, 15) is 9.90 Å². The minimum absolute atomic E-state index is 0.0340. The van der Waals surface area contributed by atoms with Gasteiger partial charge in [-0.1, -0.05) is 13.3 Å². The molecule has 1 aliphatic heterocycles. The Kier molecular flexibility index (Phi) is 4.21. The molecule has 0 bridgehead atoms. The van der Waals surface area contributed by atoms with E-state index in [1.807, 2.05) is 0 Å². The predicted molar refractivity (Wildman–Crippen MR) is 71.7 cm³/mol. The first-order chi connectivity index (χ1) is 9.08. The Balaban J connectivity index is 2.03. The topological polar surface area (TPSA) is 90.4 Å². The van der Waals surface area contributed by atoms with Gasteiger partial charge in [0.25, 0.3) is 0 Å². The van der Waals surface area contributed by atoms with Crippen molar-refractivity contribution in [3.8, 4) is 0 Å². The third-order valence-electron chi connectivity index (χ3n) is 3.63. The first kappa shape index (κ1) is 14.0. The summed E-state index contributed by atoms with van der Waals surface area (Å²) in [5.74, 6) is 0.226. The fraction of sp³-hybridized carbons (Fsp3) is 0.692. The van der Waals surface area contributed by atoms with Gasteiger partial charge in [0.1, 0.15) is 5.82 Å². The van der Waals surface area contributed by atoms with E-state index in [4.69, 9.17) is 10.5 Å². The number of anilines is 1. The lowest BCUT2D eigenvalue weighted by molar-refractivity contribution is -0.0823. The minimum Gasteiger partial charge on any atom is -0.393 e. The second kappa shape index (κ2) is 5.71. The van der Waals surface area contributed by atoms with Crippen LogP contribution in [-0.2, 0) is 11.3 Å². The molecule has 1 saturated heterocycles. The molecule has 3 N–H and O–H groups in total. The van der Waals surface area contributed by atoms with Crippen LogP contribution in [-0.4, -0.2) is 33.0 Å². The van der Waals surface area contributed by atoms with Crippen molar-refractivity contribution in [2.75, 3.05) is 12.3 Å². The van der Waals surface area contributed by atoms with Gasteiger partial charge in [0.15, 0.2) is 0 Å². The summed E-state index contributed by atoms with van der Waals surface area (Å²) in [4.78, 5) is 15.3. The Morgan fingerprint density at radius 3 is 3.11 bits per heavy atom. The van der Waals surface area contributed by atoms with Gasteiger partial charge in [-0.25, -0.2) is 4.79 Å².